The molecule has 7 heteroatoms. The van der Waals surface area contributed by atoms with Crippen LogP contribution in [0.5, 0.6) is 0 Å². The van der Waals surface area contributed by atoms with Gasteiger partial charge in [0.2, 0.25) is 0 Å². The van der Waals surface area contributed by atoms with Crippen molar-refractivity contribution in [3.63, 3.8) is 0 Å². The highest BCUT2D eigenvalue weighted by Gasteiger charge is 2.24. The van der Waals surface area contributed by atoms with E-state index in [-0.39, 0.29) is 16.4 Å². The van der Waals surface area contributed by atoms with Crippen LogP contribution in [0, 0.1) is 6.92 Å². The van der Waals surface area contributed by atoms with Crippen LogP contribution >= 0.6 is 0 Å². The molecule has 1 amide bonds. The highest BCUT2D eigenvalue weighted by molar-refractivity contribution is 7.92. The van der Waals surface area contributed by atoms with Gasteiger partial charge in [0.25, 0.3) is 15.9 Å². The number of nitrogens with zero attached hydrogens (tertiary/aromatic N) is 2. The van der Waals surface area contributed by atoms with Crippen LogP contribution in [0.4, 0.5) is 5.69 Å². The number of rotatable bonds is 7. The Morgan fingerprint density at radius 3 is 2.64 bits per heavy atom. The monoisotopic (exact) mass is 361 g/mol. The fourth-order valence-corrected chi connectivity index (χ4v) is 3.64. The van der Waals surface area contributed by atoms with Gasteiger partial charge in [-0.1, -0.05) is 25.5 Å². The average Bonchev–Trinajstić information content (AvgIpc) is 2.58. The summed E-state index contributed by atoms with van der Waals surface area (Å²) < 4.78 is 28.0. The second-order valence-corrected chi connectivity index (χ2v) is 7.58. The van der Waals surface area contributed by atoms with Crippen LogP contribution in [0.1, 0.15) is 35.7 Å². The van der Waals surface area contributed by atoms with Gasteiger partial charge in [0.15, 0.2) is 0 Å². The van der Waals surface area contributed by atoms with Crippen molar-refractivity contribution in [2.24, 2.45) is 0 Å². The Kier molecular flexibility index (Phi) is 6.14. The summed E-state index contributed by atoms with van der Waals surface area (Å²) in [6, 6.07) is 7.92. The lowest BCUT2D eigenvalue weighted by atomic mass is 10.2. The summed E-state index contributed by atoms with van der Waals surface area (Å²) >= 11 is 0. The molecule has 0 aliphatic rings. The van der Waals surface area contributed by atoms with E-state index in [0.29, 0.717) is 12.2 Å². The van der Waals surface area contributed by atoms with E-state index >= 15 is 0 Å². The van der Waals surface area contributed by atoms with Gasteiger partial charge in [-0.2, -0.15) is 0 Å². The van der Waals surface area contributed by atoms with Crippen molar-refractivity contribution < 1.29 is 13.2 Å². The van der Waals surface area contributed by atoms with E-state index in [4.69, 9.17) is 0 Å². The third kappa shape index (κ3) is 4.79. The zero-order valence-electron chi connectivity index (χ0n) is 14.7. The minimum Gasteiger partial charge on any atom is -0.342 e. The maximum absolute atomic E-state index is 12.8. The number of amides is 1. The number of aromatic nitrogens is 1. The smallest absolute Gasteiger partial charge is 0.262 e. The van der Waals surface area contributed by atoms with Gasteiger partial charge in [0.05, 0.1) is 17.4 Å². The van der Waals surface area contributed by atoms with Gasteiger partial charge in [0, 0.05) is 19.8 Å². The lowest BCUT2D eigenvalue weighted by molar-refractivity contribution is 0.0789. The Morgan fingerprint density at radius 1 is 1.24 bits per heavy atom. The number of carbonyl (C=O) groups excluding carboxylic acids is 1. The molecule has 0 aliphatic carbocycles. The molecule has 25 heavy (non-hydrogen) atoms. The zero-order valence-corrected chi connectivity index (χ0v) is 15.5. The number of aryl methyl sites for hydroxylation is 1. The SMILES string of the molecule is CCCCN(C)C(=O)c1ccccc1S(=O)(=O)Nc1cncc(C)c1. The van der Waals surface area contributed by atoms with Gasteiger partial charge >= 0.3 is 0 Å². The number of anilines is 1. The zero-order chi connectivity index (χ0) is 18.4. The molecule has 0 saturated heterocycles. The summed E-state index contributed by atoms with van der Waals surface area (Å²) in [7, 11) is -2.22. The van der Waals surface area contributed by atoms with Crippen LogP contribution in [-0.4, -0.2) is 37.8 Å². The quantitative estimate of drug-likeness (QED) is 0.822. The molecule has 1 aromatic carbocycles. The molecule has 1 aromatic heterocycles. The van der Waals surface area contributed by atoms with Gasteiger partial charge in [-0.05, 0) is 37.1 Å². The number of unbranched alkanes of at least 4 members (excludes halogenated alkanes) is 1. The number of nitrogens with one attached hydrogen (secondary N) is 1. The molecule has 1 N–H and O–H groups in total. The summed E-state index contributed by atoms with van der Waals surface area (Å²) in [4.78, 5) is 18.1. The third-order valence-corrected chi connectivity index (χ3v) is 5.17. The van der Waals surface area contributed by atoms with Crippen LogP contribution in [0.15, 0.2) is 47.6 Å². The summed E-state index contributed by atoms with van der Waals surface area (Å²) in [6.45, 7) is 4.44. The van der Waals surface area contributed by atoms with Crippen molar-refractivity contribution in [2.45, 2.75) is 31.6 Å². The van der Waals surface area contributed by atoms with E-state index in [0.717, 1.165) is 18.4 Å². The molecule has 0 radical (unpaired) electrons. The molecule has 0 aliphatic heterocycles. The molecule has 2 rings (SSSR count). The van der Waals surface area contributed by atoms with Gasteiger partial charge < -0.3 is 4.90 Å². The van der Waals surface area contributed by atoms with Crippen molar-refractivity contribution >= 4 is 21.6 Å². The van der Waals surface area contributed by atoms with Crippen molar-refractivity contribution in [3.8, 4) is 0 Å². The van der Waals surface area contributed by atoms with Crippen LogP contribution in [0.25, 0.3) is 0 Å². The van der Waals surface area contributed by atoms with E-state index in [9.17, 15) is 13.2 Å². The predicted molar refractivity (Wildman–Crippen MR) is 98.1 cm³/mol. The average molecular weight is 361 g/mol. The normalized spacial score (nSPS) is 11.2. The number of carbonyl (C=O) groups is 1. The van der Waals surface area contributed by atoms with Gasteiger partial charge in [-0.15, -0.1) is 0 Å². The predicted octanol–water partition coefficient (Wildman–Crippen LogP) is 3.06. The third-order valence-electron chi connectivity index (χ3n) is 3.73. The molecule has 1 heterocycles. The van der Waals surface area contributed by atoms with Crippen molar-refractivity contribution in [2.75, 3.05) is 18.3 Å². The van der Waals surface area contributed by atoms with E-state index < -0.39 is 10.0 Å². The number of sulfonamides is 1. The Labute approximate surface area is 148 Å². The van der Waals surface area contributed by atoms with Gasteiger partial charge in [0.1, 0.15) is 4.90 Å². The van der Waals surface area contributed by atoms with Crippen molar-refractivity contribution in [1.82, 2.24) is 9.88 Å². The Bertz CT molecular complexity index is 850. The highest BCUT2D eigenvalue weighted by atomic mass is 32.2. The van der Waals surface area contributed by atoms with Crippen LogP contribution in [0.2, 0.25) is 0 Å². The molecule has 0 bridgehead atoms. The first-order valence-corrected chi connectivity index (χ1v) is 9.62. The Morgan fingerprint density at radius 2 is 1.96 bits per heavy atom. The summed E-state index contributed by atoms with van der Waals surface area (Å²) in [5.41, 5.74) is 1.36. The van der Waals surface area contributed by atoms with Crippen molar-refractivity contribution in [1.29, 1.82) is 0 Å². The van der Waals surface area contributed by atoms with E-state index in [1.165, 1.54) is 18.3 Å². The summed E-state index contributed by atoms with van der Waals surface area (Å²) in [5.74, 6) is -0.309. The summed E-state index contributed by atoms with van der Waals surface area (Å²) in [5, 5.41) is 0. The van der Waals surface area contributed by atoms with Crippen molar-refractivity contribution in [3.05, 3.63) is 53.9 Å². The lowest BCUT2D eigenvalue weighted by Crippen LogP contribution is -2.29. The fourth-order valence-electron chi connectivity index (χ4n) is 2.40. The van der Waals surface area contributed by atoms with E-state index in [2.05, 4.69) is 9.71 Å². The Balaban J connectivity index is 2.34. The molecule has 0 atom stereocenters. The second-order valence-electron chi connectivity index (χ2n) is 5.93. The first kappa shape index (κ1) is 18.9. The van der Waals surface area contributed by atoms with Gasteiger partial charge in [-0.3, -0.25) is 14.5 Å². The van der Waals surface area contributed by atoms with E-state index in [1.54, 1.807) is 36.3 Å². The minimum absolute atomic E-state index is 0.0372. The molecule has 0 saturated carbocycles. The second kappa shape index (κ2) is 8.11. The van der Waals surface area contributed by atoms with Crippen LogP contribution < -0.4 is 4.72 Å². The molecule has 0 unspecified atom stereocenters. The molecule has 6 nitrogen and oxygen atoms in total. The standard InChI is InChI=1S/C18H23N3O3S/c1-4-5-10-21(3)18(22)16-8-6-7-9-17(16)25(23,24)20-15-11-14(2)12-19-13-15/h6-9,11-13,20H,4-5,10H2,1-3H3. The fraction of sp³-hybridized carbons (Fsp3) is 0.333. The number of benzene rings is 1. The number of hydrogen-bond donors (Lipinski definition) is 1. The molecular formula is C18H23N3O3S. The minimum atomic E-state index is -3.90. The first-order valence-electron chi connectivity index (χ1n) is 8.14. The number of hydrogen-bond acceptors (Lipinski definition) is 4. The van der Waals surface area contributed by atoms with Gasteiger partial charge in [-0.25, -0.2) is 8.42 Å². The van der Waals surface area contributed by atoms with Crippen LogP contribution in [0.3, 0.4) is 0 Å². The lowest BCUT2D eigenvalue weighted by Gasteiger charge is -2.19. The maximum atomic E-state index is 12.8. The largest absolute Gasteiger partial charge is 0.342 e. The Hall–Kier alpha value is -2.41. The van der Waals surface area contributed by atoms with Crippen LogP contribution in [-0.2, 0) is 10.0 Å². The van der Waals surface area contributed by atoms with E-state index in [1.807, 2.05) is 13.8 Å². The molecule has 0 spiro atoms. The maximum Gasteiger partial charge on any atom is 0.262 e. The topological polar surface area (TPSA) is 79.4 Å². The molecule has 2 aromatic rings. The molecule has 134 valence electrons. The first-order chi connectivity index (χ1) is 11.8. The number of pyridine rings is 1. The molecule has 0 fully saturated rings. The summed E-state index contributed by atoms with van der Waals surface area (Å²) in [6.07, 6.45) is 4.89. The highest BCUT2D eigenvalue weighted by Crippen LogP contribution is 2.21. The molecular weight excluding hydrogens is 338 g/mol.